The van der Waals surface area contributed by atoms with Gasteiger partial charge in [-0.1, -0.05) is 30.3 Å². The molecule has 0 aliphatic carbocycles. The molecule has 0 saturated heterocycles. The molecule has 5 rings (SSSR count). The average molecular weight is 386 g/mol. The van der Waals surface area contributed by atoms with Gasteiger partial charge in [0.2, 0.25) is 0 Å². The molecule has 0 unspecified atom stereocenters. The minimum absolute atomic E-state index is 0.184. The summed E-state index contributed by atoms with van der Waals surface area (Å²) >= 11 is 0. The highest BCUT2D eigenvalue weighted by Crippen LogP contribution is 2.38. The second-order valence-electron chi connectivity index (χ2n) is 7.31. The molecule has 0 bridgehead atoms. The number of hydrogen-bond acceptors (Lipinski definition) is 3. The molecule has 0 spiro atoms. The first kappa shape index (κ1) is 17.6. The van der Waals surface area contributed by atoms with Crippen molar-refractivity contribution in [1.29, 1.82) is 0 Å². The molecule has 1 N–H and O–H groups in total. The maximum atomic E-state index is 13.6. The lowest BCUT2D eigenvalue weighted by Crippen LogP contribution is -2.41. The smallest absolute Gasteiger partial charge is 0.274 e. The van der Waals surface area contributed by atoms with Gasteiger partial charge < -0.3 is 9.88 Å². The van der Waals surface area contributed by atoms with Crippen molar-refractivity contribution in [1.82, 2.24) is 19.9 Å². The molecule has 0 saturated carbocycles. The van der Waals surface area contributed by atoms with Crippen molar-refractivity contribution < 1.29 is 9.18 Å². The van der Waals surface area contributed by atoms with E-state index in [1.54, 1.807) is 23.2 Å². The normalized spacial score (nSPS) is 16.1. The van der Waals surface area contributed by atoms with Crippen LogP contribution in [0.25, 0.3) is 10.9 Å². The van der Waals surface area contributed by atoms with Crippen molar-refractivity contribution >= 4 is 16.8 Å². The van der Waals surface area contributed by atoms with E-state index in [1.165, 1.54) is 23.9 Å². The summed E-state index contributed by atoms with van der Waals surface area (Å²) in [4.78, 5) is 27.1. The second kappa shape index (κ2) is 6.81. The SMILES string of the molecule is Cc1cnc(C(=O)N2CCc3c([nH]c4ccccc34)[C@@H]2c2ccc(F)cc2)cn1. The van der Waals surface area contributed by atoms with Crippen LogP contribution in [0, 0.1) is 12.7 Å². The summed E-state index contributed by atoms with van der Waals surface area (Å²) in [6.07, 6.45) is 3.85. The molecule has 5 nitrogen and oxygen atoms in total. The van der Waals surface area contributed by atoms with Crippen LogP contribution < -0.4 is 0 Å². The number of para-hydroxylation sites is 1. The van der Waals surface area contributed by atoms with Gasteiger partial charge in [0, 0.05) is 29.3 Å². The fraction of sp³-hybridized carbons (Fsp3) is 0.174. The molecule has 6 heteroatoms. The summed E-state index contributed by atoms with van der Waals surface area (Å²) in [5.41, 5.74) is 5.13. The third-order valence-electron chi connectivity index (χ3n) is 5.48. The largest absolute Gasteiger partial charge is 0.356 e. The Kier molecular flexibility index (Phi) is 4.12. The zero-order chi connectivity index (χ0) is 20.0. The fourth-order valence-corrected chi connectivity index (χ4v) is 4.10. The number of aromatic amines is 1. The first-order valence-electron chi connectivity index (χ1n) is 9.56. The lowest BCUT2D eigenvalue weighted by Gasteiger charge is -2.36. The number of hydrogen-bond donors (Lipinski definition) is 1. The van der Waals surface area contributed by atoms with Gasteiger partial charge in [-0.25, -0.2) is 9.37 Å². The highest BCUT2D eigenvalue weighted by Gasteiger charge is 2.35. The molecule has 1 amide bonds. The second-order valence-corrected chi connectivity index (χ2v) is 7.31. The van der Waals surface area contributed by atoms with Crippen LogP contribution in [0.1, 0.15) is 39.0 Å². The van der Waals surface area contributed by atoms with E-state index in [4.69, 9.17) is 0 Å². The Morgan fingerprint density at radius 3 is 2.66 bits per heavy atom. The lowest BCUT2D eigenvalue weighted by molar-refractivity contribution is 0.0685. The quantitative estimate of drug-likeness (QED) is 0.562. The Hall–Kier alpha value is -3.54. The number of nitrogens with zero attached hydrogens (tertiary/aromatic N) is 3. The summed E-state index contributed by atoms with van der Waals surface area (Å²) in [6, 6.07) is 14.1. The molecule has 1 aliphatic rings. The number of aromatic nitrogens is 3. The monoisotopic (exact) mass is 386 g/mol. The maximum Gasteiger partial charge on any atom is 0.274 e. The zero-order valence-corrected chi connectivity index (χ0v) is 15.9. The summed E-state index contributed by atoms with van der Waals surface area (Å²) < 4.78 is 13.6. The maximum absolute atomic E-state index is 13.6. The van der Waals surface area contributed by atoms with Crippen LogP contribution in [0.5, 0.6) is 0 Å². The Labute approximate surface area is 167 Å². The van der Waals surface area contributed by atoms with Gasteiger partial charge in [0.25, 0.3) is 5.91 Å². The van der Waals surface area contributed by atoms with Crippen molar-refractivity contribution in [2.24, 2.45) is 0 Å². The van der Waals surface area contributed by atoms with Crippen molar-refractivity contribution in [2.45, 2.75) is 19.4 Å². The Balaban J connectivity index is 1.65. The molecular weight excluding hydrogens is 367 g/mol. The van der Waals surface area contributed by atoms with E-state index in [1.807, 2.05) is 25.1 Å². The molecule has 144 valence electrons. The van der Waals surface area contributed by atoms with Crippen LogP contribution >= 0.6 is 0 Å². The van der Waals surface area contributed by atoms with Gasteiger partial charge in [-0.2, -0.15) is 0 Å². The van der Waals surface area contributed by atoms with Gasteiger partial charge in [0.05, 0.1) is 17.9 Å². The van der Waals surface area contributed by atoms with Crippen LogP contribution in [-0.2, 0) is 6.42 Å². The molecule has 0 fully saturated rings. The standard InChI is InChI=1S/C23H19FN4O/c1-14-12-26-20(13-25-14)23(29)28-11-10-18-17-4-2-3-5-19(17)27-21(18)22(28)15-6-8-16(24)9-7-15/h2-9,12-13,22,27H,10-11H2,1H3/t22-/m0/s1. The van der Waals surface area contributed by atoms with Gasteiger partial charge in [-0.3, -0.25) is 9.78 Å². The van der Waals surface area contributed by atoms with Crippen LogP contribution in [0.4, 0.5) is 4.39 Å². The fourth-order valence-electron chi connectivity index (χ4n) is 4.10. The molecular formula is C23H19FN4O. The summed E-state index contributed by atoms with van der Waals surface area (Å²) in [5, 5.41) is 1.16. The lowest BCUT2D eigenvalue weighted by atomic mass is 9.92. The number of carbonyl (C=O) groups is 1. The van der Waals surface area contributed by atoms with Crippen LogP contribution in [-0.4, -0.2) is 32.3 Å². The molecule has 3 heterocycles. The number of benzene rings is 2. The van der Waals surface area contributed by atoms with Crippen LogP contribution in [0.15, 0.2) is 60.9 Å². The Bertz CT molecular complexity index is 1200. The van der Waals surface area contributed by atoms with E-state index in [2.05, 4.69) is 21.0 Å². The number of aryl methyl sites for hydroxylation is 1. The van der Waals surface area contributed by atoms with Gasteiger partial charge in [0.15, 0.2) is 0 Å². The molecule has 2 aromatic carbocycles. The first-order valence-corrected chi connectivity index (χ1v) is 9.56. The molecule has 1 atom stereocenters. The van der Waals surface area contributed by atoms with E-state index in [9.17, 15) is 9.18 Å². The van der Waals surface area contributed by atoms with Crippen molar-refractivity contribution in [3.8, 4) is 0 Å². The Morgan fingerprint density at radius 2 is 1.90 bits per heavy atom. The summed E-state index contributed by atoms with van der Waals surface area (Å²) in [5.74, 6) is -0.486. The molecule has 4 aromatic rings. The third-order valence-corrected chi connectivity index (χ3v) is 5.48. The first-order chi connectivity index (χ1) is 14.1. The minimum atomic E-state index is -0.345. The summed E-state index contributed by atoms with van der Waals surface area (Å²) in [6.45, 7) is 2.38. The Morgan fingerprint density at radius 1 is 1.10 bits per heavy atom. The number of amides is 1. The van der Waals surface area contributed by atoms with Gasteiger partial charge >= 0.3 is 0 Å². The number of carbonyl (C=O) groups excluding carboxylic acids is 1. The number of rotatable bonds is 2. The van der Waals surface area contributed by atoms with E-state index in [0.717, 1.165) is 34.3 Å². The van der Waals surface area contributed by atoms with E-state index in [-0.39, 0.29) is 17.8 Å². The minimum Gasteiger partial charge on any atom is -0.356 e. The van der Waals surface area contributed by atoms with Gasteiger partial charge in [-0.05, 0) is 42.7 Å². The predicted molar refractivity (Wildman–Crippen MR) is 108 cm³/mol. The number of H-pyrrole nitrogens is 1. The number of nitrogens with one attached hydrogen (secondary N) is 1. The van der Waals surface area contributed by atoms with Crippen LogP contribution in [0.2, 0.25) is 0 Å². The summed E-state index contributed by atoms with van der Waals surface area (Å²) in [7, 11) is 0. The zero-order valence-electron chi connectivity index (χ0n) is 15.9. The molecule has 2 aromatic heterocycles. The molecule has 1 aliphatic heterocycles. The van der Waals surface area contributed by atoms with Crippen molar-refractivity contribution in [3.63, 3.8) is 0 Å². The van der Waals surface area contributed by atoms with Crippen molar-refractivity contribution in [2.75, 3.05) is 6.54 Å². The molecule has 0 radical (unpaired) electrons. The van der Waals surface area contributed by atoms with Gasteiger partial charge in [0.1, 0.15) is 11.5 Å². The van der Waals surface area contributed by atoms with E-state index >= 15 is 0 Å². The molecule has 29 heavy (non-hydrogen) atoms. The average Bonchev–Trinajstić information content (AvgIpc) is 3.12. The highest BCUT2D eigenvalue weighted by atomic mass is 19.1. The predicted octanol–water partition coefficient (Wildman–Crippen LogP) is 4.19. The number of halogens is 1. The van der Waals surface area contributed by atoms with Gasteiger partial charge in [-0.15, -0.1) is 0 Å². The van der Waals surface area contributed by atoms with E-state index < -0.39 is 0 Å². The van der Waals surface area contributed by atoms with E-state index in [0.29, 0.717) is 12.2 Å². The van der Waals surface area contributed by atoms with Crippen LogP contribution in [0.3, 0.4) is 0 Å². The topological polar surface area (TPSA) is 61.9 Å². The third kappa shape index (κ3) is 2.97. The van der Waals surface area contributed by atoms with Crippen molar-refractivity contribution in [3.05, 3.63) is 95.0 Å². The highest BCUT2D eigenvalue weighted by molar-refractivity contribution is 5.93. The number of fused-ring (bicyclic) bond motifs is 3.